The highest BCUT2D eigenvalue weighted by Gasteiger charge is 2.40. The number of nitrogens with one attached hydrogen (secondary N) is 1. The standard InChI is InChI=1S/C27H25FN2O3/c1-4-33-23-12-8-7-11-22(23)29-25-24(20-14-13-17(2)15-18(20)3)26(31)30(27(25)32)16-19-9-5-6-10-21(19)28/h5-15,29H,4,16H2,1-3H3. The quantitative estimate of drug-likeness (QED) is 0.507. The van der Waals surface area contributed by atoms with Crippen LogP contribution in [-0.2, 0) is 16.1 Å². The molecule has 4 rings (SSSR count). The number of imide groups is 1. The molecular weight excluding hydrogens is 419 g/mol. The fourth-order valence-corrected chi connectivity index (χ4v) is 3.96. The van der Waals surface area contributed by atoms with E-state index in [0.29, 0.717) is 23.6 Å². The second-order valence-electron chi connectivity index (χ2n) is 7.91. The summed E-state index contributed by atoms with van der Waals surface area (Å²) in [5.41, 5.74) is 3.84. The van der Waals surface area contributed by atoms with Crippen molar-refractivity contribution in [2.45, 2.75) is 27.3 Å². The van der Waals surface area contributed by atoms with Gasteiger partial charge in [0.15, 0.2) is 0 Å². The molecule has 0 saturated heterocycles. The Balaban J connectivity index is 1.80. The monoisotopic (exact) mass is 444 g/mol. The molecule has 3 aromatic carbocycles. The first kappa shape index (κ1) is 22.3. The van der Waals surface area contributed by atoms with Crippen molar-refractivity contribution in [3.8, 4) is 5.75 Å². The van der Waals surface area contributed by atoms with E-state index in [9.17, 15) is 14.0 Å². The molecule has 1 N–H and O–H groups in total. The van der Waals surface area contributed by atoms with E-state index in [1.807, 2.05) is 51.1 Å². The third-order valence-electron chi connectivity index (χ3n) is 5.55. The number of hydrogen-bond donors (Lipinski definition) is 1. The summed E-state index contributed by atoms with van der Waals surface area (Å²) in [7, 11) is 0. The molecule has 1 aliphatic heterocycles. The third kappa shape index (κ3) is 4.37. The van der Waals surface area contributed by atoms with Crippen LogP contribution in [0.15, 0.2) is 72.4 Å². The van der Waals surface area contributed by atoms with E-state index >= 15 is 0 Å². The SMILES string of the molecule is CCOc1ccccc1NC1=C(c2ccc(C)cc2C)C(=O)N(Cc2ccccc2F)C1=O. The largest absolute Gasteiger partial charge is 0.492 e. The molecule has 0 radical (unpaired) electrons. The highest BCUT2D eigenvalue weighted by molar-refractivity contribution is 6.36. The third-order valence-corrected chi connectivity index (χ3v) is 5.55. The van der Waals surface area contributed by atoms with Crippen molar-refractivity contribution in [3.63, 3.8) is 0 Å². The van der Waals surface area contributed by atoms with Crippen LogP contribution in [0.5, 0.6) is 5.75 Å². The van der Waals surface area contributed by atoms with Crippen molar-refractivity contribution in [2.75, 3.05) is 11.9 Å². The summed E-state index contributed by atoms with van der Waals surface area (Å²) in [5, 5.41) is 3.14. The summed E-state index contributed by atoms with van der Waals surface area (Å²) >= 11 is 0. The molecule has 3 aromatic rings. The minimum absolute atomic E-state index is 0.149. The van der Waals surface area contributed by atoms with Gasteiger partial charge in [-0.3, -0.25) is 14.5 Å². The minimum Gasteiger partial charge on any atom is -0.492 e. The zero-order valence-electron chi connectivity index (χ0n) is 18.8. The summed E-state index contributed by atoms with van der Waals surface area (Å²) < 4.78 is 20.0. The van der Waals surface area contributed by atoms with Crippen molar-refractivity contribution >= 4 is 23.1 Å². The van der Waals surface area contributed by atoms with Gasteiger partial charge in [-0.15, -0.1) is 0 Å². The maximum atomic E-state index is 14.3. The summed E-state index contributed by atoms with van der Waals surface area (Å²) in [6.07, 6.45) is 0. The van der Waals surface area contributed by atoms with Crippen LogP contribution in [0.1, 0.15) is 29.2 Å². The number of aryl methyl sites for hydroxylation is 2. The topological polar surface area (TPSA) is 58.6 Å². The summed E-state index contributed by atoms with van der Waals surface area (Å²) in [6, 6.07) is 19.1. The number of amides is 2. The number of carbonyl (C=O) groups is 2. The molecule has 6 heteroatoms. The molecule has 5 nitrogen and oxygen atoms in total. The highest BCUT2D eigenvalue weighted by Crippen LogP contribution is 2.35. The first-order chi connectivity index (χ1) is 15.9. The average molecular weight is 445 g/mol. The number of ether oxygens (including phenoxy) is 1. The van der Waals surface area contributed by atoms with E-state index in [2.05, 4.69) is 5.32 Å². The number of anilines is 1. The molecule has 1 heterocycles. The van der Waals surface area contributed by atoms with Crippen LogP contribution in [0.4, 0.5) is 10.1 Å². The molecule has 0 unspecified atom stereocenters. The molecule has 0 bridgehead atoms. The van der Waals surface area contributed by atoms with Gasteiger partial charge in [-0.25, -0.2) is 4.39 Å². The zero-order chi connectivity index (χ0) is 23.5. The number of halogens is 1. The summed E-state index contributed by atoms with van der Waals surface area (Å²) in [4.78, 5) is 28.1. The lowest BCUT2D eigenvalue weighted by Gasteiger charge is -2.16. The number of hydrogen-bond acceptors (Lipinski definition) is 4. The molecule has 33 heavy (non-hydrogen) atoms. The molecular formula is C27H25FN2O3. The number of carbonyl (C=O) groups excluding carboxylic acids is 2. The summed E-state index contributed by atoms with van der Waals surface area (Å²) in [6.45, 7) is 6.04. The van der Waals surface area contributed by atoms with Gasteiger partial charge in [0.25, 0.3) is 11.8 Å². The van der Waals surface area contributed by atoms with E-state index in [4.69, 9.17) is 4.74 Å². The Bertz CT molecular complexity index is 1270. The van der Waals surface area contributed by atoms with E-state index in [-0.39, 0.29) is 23.4 Å². The smallest absolute Gasteiger partial charge is 0.278 e. The van der Waals surface area contributed by atoms with E-state index < -0.39 is 17.6 Å². The first-order valence-corrected chi connectivity index (χ1v) is 10.8. The Morgan fingerprint density at radius 1 is 0.939 bits per heavy atom. The van der Waals surface area contributed by atoms with Gasteiger partial charge >= 0.3 is 0 Å². The van der Waals surface area contributed by atoms with Gasteiger partial charge in [0.05, 0.1) is 24.4 Å². The second kappa shape index (κ2) is 9.28. The fraction of sp³-hybridized carbons (Fsp3) is 0.185. The Morgan fingerprint density at radius 2 is 1.67 bits per heavy atom. The van der Waals surface area contributed by atoms with Crippen molar-refractivity contribution in [2.24, 2.45) is 0 Å². The van der Waals surface area contributed by atoms with Gasteiger partial charge in [-0.05, 0) is 50.1 Å². The van der Waals surface area contributed by atoms with Crippen LogP contribution >= 0.6 is 0 Å². The van der Waals surface area contributed by atoms with Crippen LogP contribution in [0.2, 0.25) is 0 Å². The lowest BCUT2D eigenvalue weighted by Crippen LogP contribution is -2.32. The van der Waals surface area contributed by atoms with Crippen LogP contribution < -0.4 is 10.1 Å². The van der Waals surface area contributed by atoms with E-state index in [1.165, 1.54) is 6.07 Å². The number of para-hydroxylation sites is 2. The fourth-order valence-electron chi connectivity index (χ4n) is 3.96. The molecule has 0 spiro atoms. The van der Waals surface area contributed by atoms with Crippen LogP contribution in [0, 0.1) is 19.7 Å². The van der Waals surface area contributed by atoms with Crippen molar-refractivity contribution in [1.82, 2.24) is 4.90 Å². The van der Waals surface area contributed by atoms with Crippen molar-refractivity contribution in [3.05, 3.63) is 100 Å². The van der Waals surface area contributed by atoms with Gasteiger partial charge in [-0.2, -0.15) is 0 Å². The van der Waals surface area contributed by atoms with Crippen molar-refractivity contribution < 1.29 is 18.7 Å². The van der Waals surface area contributed by atoms with Gasteiger partial charge in [-0.1, -0.05) is 54.1 Å². The first-order valence-electron chi connectivity index (χ1n) is 10.8. The lowest BCUT2D eigenvalue weighted by atomic mass is 9.97. The Labute approximate surface area is 192 Å². The molecule has 0 aliphatic carbocycles. The molecule has 0 atom stereocenters. The van der Waals surface area contributed by atoms with Gasteiger partial charge < -0.3 is 10.1 Å². The van der Waals surface area contributed by atoms with Gasteiger partial charge in [0.2, 0.25) is 0 Å². The number of rotatable bonds is 7. The Kier molecular flexibility index (Phi) is 6.27. The minimum atomic E-state index is -0.510. The predicted octanol–water partition coefficient (Wildman–Crippen LogP) is 5.23. The lowest BCUT2D eigenvalue weighted by molar-refractivity contribution is -0.137. The molecule has 1 aliphatic rings. The Morgan fingerprint density at radius 3 is 2.39 bits per heavy atom. The van der Waals surface area contributed by atoms with E-state index in [0.717, 1.165) is 16.0 Å². The number of nitrogens with zero attached hydrogens (tertiary/aromatic N) is 1. The predicted molar refractivity (Wildman–Crippen MR) is 126 cm³/mol. The van der Waals surface area contributed by atoms with Crippen LogP contribution in [-0.4, -0.2) is 23.3 Å². The normalized spacial score (nSPS) is 13.6. The van der Waals surface area contributed by atoms with Crippen LogP contribution in [0.25, 0.3) is 5.57 Å². The van der Waals surface area contributed by atoms with Gasteiger partial charge in [0, 0.05) is 5.56 Å². The molecule has 0 fully saturated rings. The maximum absolute atomic E-state index is 14.3. The molecule has 2 amide bonds. The highest BCUT2D eigenvalue weighted by atomic mass is 19.1. The molecule has 0 aromatic heterocycles. The Hall–Kier alpha value is -3.93. The summed E-state index contributed by atoms with van der Waals surface area (Å²) in [5.74, 6) is -0.870. The van der Waals surface area contributed by atoms with Gasteiger partial charge in [0.1, 0.15) is 17.3 Å². The van der Waals surface area contributed by atoms with E-state index in [1.54, 1.807) is 30.3 Å². The number of benzene rings is 3. The maximum Gasteiger partial charge on any atom is 0.278 e. The molecule has 168 valence electrons. The van der Waals surface area contributed by atoms with Crippen LogP contribution in [0.3, 0.4) is 0 Å². The van der Waals surface area contributed by atoms with Crippen molar-refractivity contribution in [1.29, 1.82) is 0 Å². The second-order valence-corrected chi connectivity index (χ2v) is 7.91. The zero-order valence-corrected chi connectivity index (χ0v) is 18.8. The molecule has 0 saturated carbocycles. The average Bonchev–Trinajstić information content (AvgIpc) is 3.01.